The van der Waals surface area contributed by atoms with Gasteiger partial charge in [-0.1, -0.05) is 0 Å². The van der Waals surface area contributed by atoms with Crippen LogP contribution in [-0.2, 0) is 9.53 Å². The summed E-state index contributed by atoms with van der Waals surface area (Å²) in [5, 5.41) is 54.1. The van der Waals surface area contributed by atoms with Gasteiger partial charge in [-0.05, 0) is 18.9 Å². The van der Waals surface area contributed by atoms with E-state index in [4.69, 9.17) is 8.85 Å². The molecular formula is C16H23N3O8. The number of hydrogen-bond acceptors (Lipinski definition) is 9. The Morgan fingerprint density at radius 3 is 2.81 bits per heavy atom. The molecule has 0 saturated carbocycles. The van der Waals surface area contributed by atoms with Crippen LogP contribution in [0.1, 0.15) is 34.8 Å². The molecule has 1 fully saturated rings. The van der Waals surface area contributed by atoms with Gasteiger partial charge in [-0.2, -0.15) is 4.57 Å². The molecule has 6 atom stereocenters. The highest BCUT2D eigenvalue weighted by Gasteiger charge is 2.48. The molecule has 1 aliphatic rings. The maximum atomic E-state index is 11.1. The quantitative estimate of drug-likeness (QED) is 0.208. The monoisotopic (exact) mass is 388 g/mol. The highest BCUT2D eigenvalue weighted by atomic mass is 16.6. The first-order valence-electron chi connectivity index (χ1n) is 9.67. The zero-order valence-corrected chi connectivity index (χ0v) is 14.2. The Bertz CT molecular complexity index is 753. The summed E-state index contributed by atoms with van der Waals surface area (Å²) in [5.41, 5.74) is 0.318. The van der Waals surface area contributed by atoms with E-state index in [0.29, 0.717) is 10.6 Å². The second kappa shape index (κ2) is 9.15. The maximum Gasteiger partial charge on any atom is 0.292 e. The zero-order chi connectivity index (χ0) is 22.6. The lowest BCUT2D eigenvalue weighted by molar-refractivity contribution is -0.777. The lowest BCUT2D eigenvalue weighted by Crippen LogP contribution is -2.65. The number of aliphatic hydroxyl groups is 4. The van der Waals surface area contributed by atoms with Gasteiger partial charge >= 0.3 is 0 Å². The van der Waals surface area contributed by atoms with Gasteiger partial charge in [0, 0.05) is 29.3 Å². The largest absolute Gasteiger partial charge is 0.547 e. The molecule has 11 heteroatoms. The Morgan fingerprint density at radius 1 is 1.44 bits per heavy atom. The van der Waals surface area contributed by atoms with Gasteiger partial charge in [-0.3, -0.25) is 5.01 Å². The van der Waals surface area contributed by atoms with E-state index in [2.05, 4.69) is 5.29 Å². The molecule has 2 rings (SSSR count). The van der Waals surface area contributed by atoms with E-state index in [0.717, 1.165) is 0 Å². The first-order valence-corrected chi connectivity index (χ1v) is 8.17. The van der Waals surface area contributed by atoms with Crippen molar-refractivity contribution in [3.63, 3.8) is 0 Å². The van der Waals surface area contributed by atoms with Crippen LogP contribution in [0.25, 0.3) is 0 Å². The number of nitrogens with zero attached hydrogens (tertiary/aromatic N) is 3. The number of carboxylic acid groups (broad SMARTS) is 1. The molecule has 1 aromatic heterocycles. The first-order chi connectivity index (χ1) is 14.0. The third kappa shape index (κ3) is 4.96. The van der Waals surface area contributed by atoms with Crippen molar-refractivity contribution in [3.05, 3.63) is 35.0 Å². The standard InChI is InChI=1S/C16H23N3O8/c1-18(17-26)6-3-5-10(20)9-4-2-7-19(8-9)15-13(23)11(21)12(22)14(27-15)16(24)25/h2,4,7-8,10-15,20-23H,3,5-6H2,1H3/i1D3. The van der Waals surface area contributed by atoms with E-state index in [1.807, 2.05) is 0 Å². The van der Waals surface area contributed by atoms with Crippen molar-refractivity contribution in [2.24, 2.45) is 5.29 Å². The summed E-state index contributed by atoms with van der Waals surface area (Å²) in [7, 11) is 0. The normalized spacial score (nSPS) is 31.3. The fourth-order valence-electron chi connectivity index (χ4n) is 2.81. The van der Waals surface area contributed by atoms with Crippen LogP contribution in [-0.4, -0.2) is 69.3 Å². The lowest BCUT2D eigenvalue weighted by Gasteiger charge is -2.37. The molecular weight excluding hydrogens is 362 g/mol. The molecule has 1 aliphatic heterocycles. The molecule has 1 saturated heterocycles. The van der Waals surface area contributed by atoms with Crippen molar-refractivity contribution in [3.8, 4) is 0 Å². The number of aromatic nitrogens is 1. The number of carbonyl (C=O) groups excluding carboxylic acids is 1. The molecule has 11 nitrogen and oxygen atoms in total. The van der Waals surface area contributed by atoms with E-state index < -0.39 is 49.7 Å². The summed E-state index contributed by atoms with van der Waals surface area (Å²) in [6, 6.07) is 3.00. The van der Waals surface area contributed by atoms with Crippen molar-refractivity contribution < 1.29 is 43.7 Å². The van der Waals surface area contributed by atoms with Crippen LogP contribution in [0.5, 0.6) is 0 Å². The SMILES string of the molecule is [2H]C([2H])([2H])N(CCCC(O)c1ccc[n+](C2OC(C(=O)[O-])C(O)C(O)C2O)c1)N=O. The van der Waals surface area contributed by atoms with E-state index in [9.17, 15) is 35.2 Å². The predicted octanol–water partition coefficient (Wildman–Crippen LogP) is -2.87. The number of pyridine rings is 1. The molecule has 1 aromatic rings. The molecule has 4 N–H and O–H groups in total. The molecule has 0 aliphatic carbocycles. The van der Waals surface area contributed by atoms with E-state index in [1.165, 1.54) is 29.1 Å². The van der Waals surface area contributed by atoms with Crippen molar-refractivity contribution >= 4 is 5.97 Å². The van der Waals surface area contributed by atoms with Crippen LogP contribution in [0.15, 0.2) is 29.8 Å². The minimum absolute atomic E-state index is 0.0726. The van der Waals surface area contributed by atoms with Gasteiger partial charge in [0.2, 0.25) is 0 Å². The second-order valence-electron chi connectivity index (χ2n) is 6.19. The number of ether oxygens (including phenoxy) is 1. The van der Waals surface area contributed by atoms with Gasteiger partial charge in [0.25, 0.3) is 6.23 Å². The molecule has 6 unspecified atom stereocenters. The molecule has 150 valence electrons. The first kappa shape index (κ1) is 17.0. The summed E-state index contributed by atoms with van der Waals surface area (Å²) in [4.78, 5) is 21.7. The van der Waals surface area contributed by atoms with Crippen LogP contribution in [0.4, 0.5) is 0 Å². The zero-order valence-electron chi connectivity index (χ0n) is 17.2. The average molecular weight is 388 g/mol. The topological polar surface area (TPSA) is 167 Å². The van der Waals surface area contributed by atoms with Crippen LogP contribution < -0.4 is 9.67 Å². The van der Waals surface area contributed by atoms with Gasteiger partial charge < -0.3 is 35.1 Å². The summed E-state index contributed by atoms with van der Waals surface area (Å²) >= 11 is 0. The average Bonchev–Trinajstić information content (AvgIpc) is 2.68. The fourth-order valence-corrected chi connectivity index (χ4v) is 2.81. The summed E-state index contributed by atoms with van der Waals surface area (Å²) < 4.78 is 27.9. The second-order valence-corrected chi connectivity index (χ2v) is 6.19. The third-order valence-corrected chi connectivity index (χ3v) is 4.29. The van der Waals surface area contributed by atoms with Crippen LogP contribution in [0, 0.1) is 4.91 Å². The van der Waals surface area contributed by atoms with Gasteiger partial charge in [-0.15, -0.1) is 4.91 Å². The predicted molar refractivity (Wildman–Crippen MR) is 86.2 cm³/mol. The van der Waals surface area contributed by atoms with Crippen molar-refractivity contribution in [2.75, 3.05) is 13.5 Å². The summed E-state index contributed by atoms with van der Waals surface area (Å²) in [5.74, 6) is -1.77. The Labute approximate surface area is 159 Å². The highest BCUT2D eigenvalue weighted by molar-refractivity contribution is 5.71. The number of nitroso groups, excluding NO2 is 1. The van der Waals surface area contributed by atoms with Crippen LogP contribution >= 0.6 is 0 Å². The minimum Gasteiger partial charge on any atom is -0.547 e. The van der Waals surface area contributed by atoms with Gasteiger partial charge in [0.15, 0.2) is 18.5 Å². The van der Waals surface area contributed by atoms with Crippen molar-refractivity contribution in [1.82, 2.24) is 5.01 Å². The van der Waals surface area contributed by atoms with Gasteiger partial charge in [0.05, 0.1) is 17.4 Å². The summed E-state index contributed by atoms with van der Waals surface area (Å²) in [6.07, 6.45) is -6.78. The molecule has 0 spiro atoms. The van der Waals surface area contributed by atoms with Crippen LogP contribution in [0.3, 0.4) is 0 Å². The molecule has 2 heterocycles. The number of carboxylic acids is 1. The summed E-state index contributed by atoms with van der Waals surface area (Å²) in [6.45, 7) is -2.89. The Hall–Kier alpha value is -2.18. The third-order valence-electron chi connectivity index (χ3n) is 4.29. The number of carbonyl (C=O) groups is 1. The molecule has 0 radical (unpaired) electrons. The molecule has 27 heavy (non-hydrogen) atoms. The van der Waals surface area contributed by atoms with Gasteiger partial charge in [0.1, 0.15) is 18.3 Å². The smallest absolute Gasteiger partial charge is 0.292 e. The van der Waals surface area contributed by atoms with Gasteiger partial charge in [-0.25, -0.2) is 0 Å². The number of aliphatic carboxylic acids is 1. The molecule has 0 amide bonds. The number of aliphatic hydroxyl groups excluding tert-OH is 4. The van der Waals surface area contributed by atoms with E-state index in [1.54, 1.807) is 0 Å². The Morgan fingerprint density at radius 2 is 2.19 bits per heavy atom. The van der Waals surface area contributed by atoms with Crippen molar-refractivity contribution in [1.29, 1.82) is 0 Å². The fraction of sp³-hybridized carbons (Fsp3) is 0.625. The number of hydrogen-bond donors (Lipinski definition) is 4. The van der Waals surface area contributed by atoms with Crippen LogP contribution in [0.2, 0.25) is 0 Å². The van der Waals surface area contributed by atoms with E-state index >= 15 is 0 Å². The Kier molecular flexibility index (Phi) is 5.75. The lowest BCUT2D eigenvalue weighted by atomic mass is 9.97. The Balaban J connectivity index is 2.09. The number of rotatable bonds is 8. The highest BCUT2D eigenvalue weighted by Crippen LogP contribution is 2.25. The maximum absolute atomic E-state index is 11.1. The molecule has 0 aromatic carbocycles. The van der Waals surface area contributed by atoms with Crippen molar-refractivity contribution in [2.45, 2.75) is 49.6 Å². The minimum atomic E-state index is -2.68. The van der Waals surface area contributed by atoms with E-state index in [-0.39, 0.29) is 19.4 Å². The molecule has 0 bridgehead atoms.